The van der Waals surface area contributed by atoms with Crippen LogP contribution in [-0.2, 0) is 14.9 Å². The Bertz CT molecular complexity index is 1580. The minimum Gasteiger partial charge on any atom is -0.508 e. The number of hydrogen-bond donors (Lipinski definition) is 2. The maximum Gasteiger partial charge on any atom is 0.534 e. The zero-order valence-electron chi connectivity index (χ0n) is 18.7. The predicted octanol–water partition coefficient (Wildman–Crippen LogP) is 4.90. The first kappa shape index (κ1) is 26.4. The molecule has 0 aliphatic carbocycles. The van der Waals surface area contributed by atoms with Crippen LogP contribution in [0.3, 0.4) is 0 Å². The van der Waals surface area contributed by atoms with Crippen molar-refractivity contribution in [2.45, 2.75) is 19.4 Å². The largest absolute Gasteiger partial charge is 0.534 e. The molecule has 0 saturated carbocycles. The molecule has 0 aliphatic heterocycles. The molecular weight excluding hydrogens is 513 g/mol. The molecule has 10 nitrogen and oxygen atoms in total. The number of ether oxygens (including phenoxy) is 1. The van der Waals surface area contributed by atoms with Crippen molar-refractivity contribution in [3.63, 3.8) is 0 Å². The van der Waals surface area contributed by atoms with Crippen molar-refractivity contribution in [3.05, 3.63) is 59.0 Å². The number of aromatic carboxylic acids is 1. The molecule has 36 heavy (non-hydrogen) atoms. The molecule has 0 bridgehead atoms. The number of esters is 1. The quantitative estimate of drug-likeness (QED) is 0.212. The number of carbonyl (C=O) groups excluding carboxylic acids is 1. The summed E-state index contributed by atoms with van der Waals surface area (Å²) in [6, 6.07) is 7.49. The van der Waals surface area contributed by atoms with Gasteiger partial charge < -0.3 is 28.0 Å². The fourth-order valence-electron chi connectivity index (χ4n) is 3.25. The molecule has 0 radical (unpaired) electrons. The molecule has 0 amide bonds. The van der Waals surface area contributed by atoms with Crippen LogP contribution >= 0.6 is 0 Å². The lowest BCUT2D eigenvalue weighted by Gasteiger charge is -2.09. The number of carboxylic acids is 1. The van der Waals surface area contributed by atoms with Crippen molar-refractivity contribution in [1.82, 2.24) is 0 Å². The van der Waals surface area contributed by atoms with Crippen molar-refractivity contribution >= 4 is 44.0 Å². The number of furan rings is 2. The van der Waals surface area contributed by atoms with E-state index < -0.39 is 33.3 Å². The van der Waals surface area contributed by atoms with Crippen molar-refractivity contribution < 1.29 is 59.1 Å². The van der Waals surface area contributed by atoms with Gasteiger partial charge in [-0.1, -0.05) is 0 Å². The summed E-state index contributed by atoms with van der Waals surface area (Å²) < 4.78 is 77.6. The Labute approximate surface area is 200 Å². The Balaban J connectivity index is 0.000000221. The SMILES string of the molecule is COC(=O)c1c(C)oc2cc(OS(=O)(=O)C(F)(F)F)ccc12.Cc1oc2cc(O)ccc2c1C(=O)O. The molecular formula is C22H17F3O10S. The molecule has 14 heteroatoms. The van der Waals surface area contributed by atoms with Crippen molar-refractivity contribution in [2.24, 2.45) is 0 Å². The molecule has 0 aliphatic rings. The molecule has 4 rings (SSSR count). The molecule has 2 heterocycles. The van der Waals surface area contributed by atoms with E-state index in [0.29, 0.717) is 16.7 Å². The fraction of sp³-hybridized carbons (Fsp3) is 0.182. The van der Waals surface area contributed by atoms with Gasteiger partial charge in [0.05, 0.1) is 7.11 Å². The Hall–Kier alpha value is -4.20. The van der Waals surface area contributed by atoms with Crippen LogP contribution in [0.1, 0.15) is 32.2 Å². The van der Waals surface area contributed by atoms with Gasteiger partial charge in [0.1, 0.15) is 45.3 Å². The second kappa shape index (κ2) is 9.45. The van der Waals surface area contributed by atoms with Crippen molar-refractivity contribution in [1.29, 1.82) is 0 Å². The number of benzene rings is 2. The monoisotopic (exact) mass is 530 g/mol. The summed E-state index contributed by atoms with van der Waals surface area (Å²) in [5.74, 6) is -1.71. The molecule has 2 aromatic heterocycles. The van der Waals surface area contributed by atoms with E-state index in [1.54, 1.807) is 6.92 Å². The molecule has 192 valence electrons. The van der Waals surface area contributed by atoms with E-state index in [4.69, 9.17) is 19.0 Å². The van der Waals surface area contributed by atoms with Crippen LogP contribution in [0.25, 0.3) is 21.9 Å². The summed E-state index contributed by atoms with van der Waals surface area (Å²) >= 11 is 0. The third-order valence-corrected chi connectivity index (χ3v) is 5.76. The molecule has 0 spiro atoms. The van der Waals surface area contributed by atoms with Gasteiger partial charge in [-0.25, -0.2) is 9.59 Å². The highest BCUT2D eigenvalue weighted by molar-refractivity contribution is 7.88. The Morgan fingerprint density at radius 1 is 0.917 bits per heavy atom. The maximum absolute atomic E-state index is 12.3. The third kappa shape index (κ3) is 5.07. The predicted molar refractivity (Wildman–Crippen MR) is 117 cm³/mol. The second-order valence-electron chi connectivity index (χ2n) is 7.18. The van der Waals surface area contributed by atoms with E-state index in [9.17, 15) is 31.2 Å². The number of carbonyl (C=O) groups is 2. The molecule has 0 atom stereocenters. The minimum atomic E-state index is -5.78. The number of rotatable bonds is 4. The number of carboxylic acid groups (broad SMARTS) is 1. The van der Waals surface area contributed by atoms with Gasteiger partial charge in [-0.2, -0.15) is 21.6 Å². The molecule has 0 unspecified atom stereocenters. The normalized spacial score (nSPS) is 11.7. The van der Waals surface area contributed by atoms with Gasteiger partial charge in [-0.3, -0.25) is 0 Å². The maximum atomic E-state index is 12.3. The lowest BCUT2D eigenvalue weighted by atomic mass is 10.1. The second-order valence-corrected chi connectivity index (χ2v) is 8.72. The Morgan fingerprint density at radius 3 is 2.00 bits per heavy atom. The molecule has 2 aromatic carbocycles. The number of methoxy groups -OCH3 is 1. The average Bonchev–Trinajstić information content (AvgIpc) is 3.26. The van der Waals surface area contributed by atoms with E-state index >= 15 is 0 Å². The zero-order chi connectivity index (χ0) is 27.0. The van der Waals surface area contributed by atoms with E-state index in [0.717, 1.165) is 19.2 Å². The van der Waals surface area contributed by atoms with Gasteiger partial charge in [0.25, 0.3) is 0 Å². The van der Waals surface area contributed by atoms with Crippen LogP contribution in [0, 0.1) is 13.8 Å². The third-order valence-electron chi connectivity index (χ3n) is 4.78. The highest BCUT2D eigenvalue weighted by atomic mass is 32.2. The number of alkyl halides is 3. The minimum absolute atomic E-state index is 0.00669. The summed E-state index contributed by atoms with van der Waals surface area (Å²) in [7, 11) is -4.62. The van der Waals surface area contributed by atoms with Crippen molar-refractivity contribution in [2.75, 3.05) is 7.11 Å². The highest BCUT2D eigenvalue weighted by Crippen LogP contribution is 2.32. The van der Waals surface area contributed by atoms with Gasteiger partial charge in [0.2, 0.25) is 0 Å². The van der Waals surface area contributed by atoms with Crippen molar-refractivity contribution in [3.8, 4) is 11.5 Å². The van der Waals surface area contributed by atoms with Gasteiger partial charge in [-0.05, 0) is 38.1 Å². The molecule has 0 saturated heterocycles. The van der Waals surface area contributed by atoms with E-state index in [1.807, 2.05) is 0 Å². The van der Waals surface area contributed by atoms with Gasteiger partial charge in [0.15, 0.2) is 0 Å². The topological polar surface area (TPSA) is 153 Å². The smallest absolute Gasteiger partial charge is 0.508 e. The first-order valence-electron chi connectivity index (χ1n) is 9.74. The van der Waals surface area contributed by atoms with Crippen LogP contribution in [0.4, 0.5) is 13.2 Å². The van der Waals surface area contributed by atoms with Crippen LogP contribution < -0.4 is 4.18 Å². The summed E-state index contributed by atoms with van der Waals surface area (Å²) in [5, 5.41) is 18.8. The Morgan fingerprint density at radius 2 is 1.44 bits per heavy atom. The van der Waals surface area contributed by atoms with Gasteiger partial charge >= 0.3 is 27.6 Å². The summed E-state index contributed by atoms with van der Waals surface area (Å²) in [6.07, 6.45) is 0. The molecule has 2 N–H and O–H groups in total. The lowest BCUT2D eigenvalue weighted by molar-refractivity contribution is -0.0500. The van der Waals surface area contributed by atoms with Crippen LogP contribution in [0.5, 0.6) is 11.5 Å². The number of aryl methyl sites for hydroxylation is 2. The van der Waals surface area contributed by atoms with Gasteiger partial charge in [-0.15, -0.1) is 0 Å². The lowest BCUT2D eigenvalue weighted by Crippen LogP contribution is -2.28. The number of halogens is 3. The first-order chi connectivity index (χ1) is 16.7. The number of phenols is 1. The molecule has 0 fully saturated rings. The Kier molecular flexibility index (Phi) is 6.93. The average molecular weight is 530 g/mol. The van der Waals surface area contributed by atoms with Gasteiger partial charge in [0, 0.05) is 22.9 Å². The number of hydrogen-bond acceptors (Lipinski definition) is 9. The summed E-state index contributed by atoms with van der Waals surface area (Å²) in [4.78, 5) is 22.5. The zero-order valence-corrected chi connectivity index (χ0v) is 19.5. The number of phenolic OH excluding ortho intramolecular Hbond substituents is 1. The summed E-state index contributed by atoms with van der Waals surface area (Å²) in [5.41, 5.74) is -4.91. The van der Waals surface area contributed by atoms with E-state index in [2.05, 4.69) is 8.92 Å². The number of fused-ring (bicyclic) bond motifs is 2. The standard InChI is InChI=1S/C12H9F3O6S.C10H8O4/c1-6-10(11(16)19-2)8-4-3-7(5-9(8)20-6)21-22(17,18)12(13,14)15;1-5-9(10(12)13)7-3-2-6(11)4-8(7)14-5/h3-5H,1-2H3;2-4,11H,1H3,(H,12,13). The van der Waals surface area contributed by atoms with Crippen LogP contribution in [0.2, 0.25) is 0 Å². The first-order valence-corrected chi connectivity index (χ1v) is 11.1. The van der Waals surface area contributed by atoms with Crippen LogP contribution in [0.15, 0.2) is 45.2 Å². The summed E-state index contributed by atoms with van der Waals surface area (Å²) in [6.45, 7) is 3.04. The van der Waals surface area contributed by atoms with E-state index in [1.165, 1.54) is 31.2 Å². The number of aromatic hydroxyl groups is 1. The molecule has 4 aromatic rings. The van der Waals surface area contributed by atoms with E-state index in [-0.39, 0.29) is 33.6 Å². The highest BCUT2D eigenvalue weighted by Gasteiger charge is 2.48. The van der Waals surface area contributed by atoms with Crippen LogP contribution in [-0.4, -0.2) is 43.2 Å². The fourth-order valence-corrected chi connectivity index (χ4v) is 3.71.